The lowest BCUT2D eigenvalue weighted by Crippen LogP contribution is -2.33. The van der Waals surface area contributed by atoms with Gasteiger partial charge in [-0.1, -0.05) is 23.7 Å². The second-order valence-electron chi connectivity index (χ2n) is 5.64. The number of aryl methyl sites for hydroxylation is 1. The predicted octanol–water partition coefficient (Wildman–Crippen LogP) is 1.85. The van der Waals surface area contributed by atoms with Crippen LogP contribution >= 0.6 is 11.6 Å². The summed E-state index contributed by atoms with van der Waals surface area (Å²) in [4.78, 5) is 28.2. The first-order valence-electron chi connectivity index (χ1n) is 7.72. The van der Waals surface area contributed by atoms with E-state index in [9.17, 15) is 14.0 Å². The van der Waals surface area contributed by atoms with Crippen molar-refractivity contribution in [1.29, 1.82) is 0 Å². The largest absolute Gasteiger partial charge is 0.352 e. The SMILES string of the molecule is Cc1cc(CNC(=O)Cn2ncn(-c3ccc(F)cn3)c2=O)ccc1Cl. The van der Waals surface area contributed by atoms with Crippen LogP contribution in [0.3, 0.4) is 0 Å². The number of carbonyl (C=O) groups is 1. The zero-order valence-corrected chi connectivity index (χ0v) is 14.6. The van der Waals surface area contributed by atoms with Gasteiger partial charge in [0.1, 0.15) is 24.5 Å². The standard InChI is InChI=1S/C17H15ClFN5O2/c1-11-6-12(2-4-14(11)18)7-21-16(25)9-24-17(26)23(10-22-24)15-5-3-13(19)8-20-15/h2-6,8,10H,7,9H2,1H3,(H,21,25). The molecule has 9 heteroatoms. The minimum Gasteiger partial charge on any atom is -0.350 e. The zero-order valence-electron chi connectivity index (χ0n) is 13.8. The maximum Gasteiger partial charge on any atom is 0.352 e. The van der Waals surface area contributed by atoms with Crippen molar-refractivity contribution in [2.24, 2.45) is 0 Å². The molecule has 0 spiro atoms. The van der Waals surface area contributed by atoms with Crippen LogP contribution in [-0.2, 0) is 17.9 Å². The average molecular weight is 376 g/mol. The van der Waals surface area contributed by atoms with Crippen molar-refractivity contribution in [3.05, 3.63) is 75.3 Å². The van der Waals surface area contributed by atoms with E-state index in [4.69, 9.17) is 11.6 Å². The molecule has 0 aliphatic heterocycles. The molecular formula is C17H15ClFN5O2. The fourth-order valence-corrected chi connectivity index (χ4v) is 2.44. The first kappa shape index (κ1) is 17.8. The smallest absolute Gasteiger partial charge is 0.350 e. The monoisotopic (exact) mass is 375 g/mol. The summed E-state index contributed by atoms with van der Waals surface area (Å²) in [5, 5.41) is 7.27. The summed E-state index contributed by atoms with van der Waals surface area (Å²) < 4.78 is 15.1. The van der Waals surface area contributed by atoms with E-state index in [2.05, 4.69) is 15.4 Å². The molecule has 0 bridgehead atoms. The molecule has 3 rings (SSSR count). The molecular weight excluding hydrogens is 361 g/mol. The molecule has 1 N–H and O–H groups in total. The normalized spacial score (nSPS) is 10.7. The Bertz CT molecular complexity index is 997. The topological polar surface area (TPSA) is 81.8 Å². The van der Waals surface area contributed by atoms with Crippen LogP contribution in [0, 0.1) is 12.7 Å². The maximum absolute atomic E-state index is 12.9. The lowest BCUT2D eigenvalue weighted by atomic mass is 10.1. The lowest BCUT2D eigenvalue weighted by molar-refractivity contribution is -0.122. The molecule has 0 saturated heterocycles. The van der Waals surface area contributed by atoms with Gasteiger partial charge >= 0.3 is 5.69 Å². The number of hydrogen-bond donors (Lipinski definition) is 1. The molecule has 134 valence electrons. The van der Waals surface area contributed by atoms with Gasteiger partial charge in [0, 0.05) is 11.6 Å². The van der Waals surface area contributed by atoms with Gasteiger partial charge < -0.3 is 5.32 Å². The van der Waals surface area contributed by atoms with Crippen molar-refractivity contribution in [1.82, 2.24) is 24.6 Å². The minimum absolute atomic E-state index is 0.222. The number of pyridine rings is 1. The molecule has 1 amide bonds. The van der Waals surface area contributed by atoms with Gasteiger partial charge in [0.15, 0.2) is 0 Å². The zero-order chi connectivity index (χ0) is 18.7. The summed E-state index contributed by atoms with van der Waals surface area (Å²) in [6, 6.07) is 8.00. The second-order valence-corrected chi connectivity index (χ2v) is 6.04. The first-order valence-corrected chi connectivity index (χ1v) is 8.10. The van der Waals surface area contributed by atoms with E-state index in [-0.39, 0.29) is 18.3 Å². The molecule has 0 saturated carbocycles. The van der Waals surface area contributed by atoms with Gasteiger partial charge in [0.2, 0.25) is 5.91 Å². The lowest BCUT2D eigenvalue weighted by Gasteiger charge is -2.06. The molecule has 2 heterocycles. The van der Waals surface area contributed by atoms with Crippen molar-refractivity contribution >= 4 is 17.5 Å². The number of hydrogen-bond acceptors (Lipinski definition) is 4. The number of rotatable bonds is 5. The van der Waals surface area contributed by atoms with Crippen LogP contribution in [0.25, 0.3) is 5.82 Å². The van der Waals surface area contributed by atoms with Crippen LogP contribution in [0.5, 0.6) is 0 Å². The van der Waals surface area contributed by atoms with Gasteiger partial charge in [-0.15, -0.1) is 0 Å². The maximum atomic E-state index is 12.9. The van der Waals surface area contributed by atoms with Crippen molar-refractivity contribution < 1.29 is 9.18 Å². The first-order chi connectivity index (χ1) is 12.4. The Balaban J connectivity index is 1.65. The number of nitrogens with zero attached hydrogens (tertiary/aromatic N) is 4. The number of halogens is 2. The van der Waals surface area contributed by atoms with Gasteiger partial charge in [-0.05, 0) is 36.2 Å². The number of aromatic nitrogens is 4. The van der Waals surface area contributed by atoms with E-state index in [0.29, 0.717) is 11.6 Å². The molecule has 0 aliphatic carbocycles. The van der Waals surface area contributed by atoms with Gasteiger partial charge in [-0.2, -0.15) is 5.10 Å². The highest BCUT2D eigenvalue weighted by molar-refractivity contribution is 6.31. The van der Waals surface area contributed by atoms with Crippen LogP contribution in [0.4, 0.5) is 4.39 Å². The quantitative estimate of drug-likeness (QED) is 0.737. The molecule has 0 atom stereocenters. The molecule has 3 aromatic rings. The highest BCUT2D eigenvalue weighted by Gasteiger charge is 2.11. The Morgan fingerprint density at radius 3 is 2.81 bits per heavy atom. The molecule has 26 heavy (non-hydrogen) atoms. The molecule has 0 radical (unpaired) electrons. The molecule has 0 fully saturated rings. The summed E-state index contributed by atoms with van der Waals surface area (Å²) in [5.74, 6) is -0.650. The Morgan fingerprint density at radius 1 is 1.31 bits per heavy atom. The van der Waals surface area contributed by atoms with Crippen LogP contribution in [-0.4, -0.2) is 25.2 Å². The summed E-state index contributed by atoms with van der Waals surface area (Å²) in [6.45, 7) is 1.95. The van der Waals surface area contributed by atoms with E-state index in [0.717, 1.165) is 26.6 Å². The fraction of sp³-hybridized carbons (Fsp3) is 0.176. The third-order valence-corrected chi connectivity index (χ3v) is 4.12. The van der Waals surface area contributed by atoms with Gasteiger partial charge in [0.25, 0.3) is 0 Å². The highest BCUT2D eigenvalue weighted by Crippen LogP contribution is 2.16. The summed E-state index contributed by atoms with van der Waals surface area (Å²) in [5.41, 5.74) is 1.27. The number of amides is 1. The van der Waals surface area contributed by atoms with Gasteiger partial charge in [0.05, 0.1) is 6.20 Å². The highest BCUT2D eigenvalue weighted by atomic mass is 35.5. The Hall–Kier alpha value is -3.00. The van der Waals surface area contributed by atoms with Crippen molar-refractivity contribution in [3.8, 4) is 5.82 Å². The Labute approximate surface area is 153 Å². The van der Waals surface area contributed by atoms with E-state index in [1.54, 1.807) is 6.07 Å². The Kier molecular flexibility index (Phi) is 5.13. The fourth-order valence-electron chi connectivity index (χ4n) is 2.32. The number of nitrogens with one attached hydrogen (secondary N) is 1. The van der Waals surface area contributed by atoms with Crippen LogP contribution in [0.15, 0.2) is 47.7 Å². The summed E-state index contributed by atoms with van der Waals surface area (Å²) >= 11 is 5.97. The second kappa shape index (κ2) is 7.49. The van der Waals surface area contributed by atoms with Crippen LogP contribution < -0.4 is 11.0 Å². The molecule has 1 aromatic carbocycles. The summed E-state index contributed by atoms with van der Waals surface area (Å²) in [6.07, 6.45) is 2.23. The third kappa shape index (κ3) is 3.97. The molecule has 0 aliphatic rings. The van der Waals surface area contributed by atoms with E-state index in [1.807, 2.05) is 19.1 Å². The minimum atomic E-state index is -0.540. The molecule has 2 aromatic heterocycles. The van der Waals surface area contributed by atoms with E-state index in [1.165, 1.54) is 18.5 Å². The molecule has 7 nitrogen and oxygen atoms in total. The van der Waals surface area contributed by atoms with E-state index >= 15 is 0 Å². The van der Waals surface area contributed by atoms with Gasteiger partial charge in [-0.25, -0.2) is 23.4 Å². The van der Waals surface area contributed by atoms with Crippen molar-refractivity contribution in [2.45, 2.75) is 20.0 Å². The van der Waals surface area contributed by atoms with Crippen molar-refractivity contribution in [2.75, 3.05) is 0 Å². The number of carbonyl (C=O) groups excluding carboxylic acids is 1. The number of benzene rings is 1. The van der Waals surface area contributed by atoms with Crippen molar-refractivity contribution in [3.63, 3.8) is 0 Å². The third-order valence-electron chi connectivity index (χ3n) is 3.70. The molecule has 0 unspecified atom stereocenters. The average Bonchev–Trinajstić information content (AvgIpc) is 2.97. The van der Waals surface area contributed by atoms with Crippen LogP contribution in [0.2, 0.25) is 5.02 Å². The Morgan fingerprint density at radius 2 is 2.12 bits per heavy atom. The summed E-state index contributed by atoms with van der Waals surface area (Å²) in [7, 11) is 0. The van der Waals surface area contributed by atoms with Gasteiger partial charge in [-0.3, -0.25) is 4.79 Å². The van der Waals surface area contributed by atoms with Crippen LogP contribution in [0.1, 0.15) is 11.1 Å². The van der Waals surface area contributed by atoms with E-state index < -0.39 is 11.5 Å². The predicted molar refractivity (Wildman–Crippen MR) is 93.6 cm³/mol.